The summed E-state index contributed by atoms with van der Waals surface area (Å²) < 4.78 is 16.8. The van der Waals surface area contributed by atoms with E-state index in [1.807, 2.05) is 24.3 Å². The average Bonchev–Trinajstić information content (AvgIpc) is 2.94. The van der Waals surface area contributed by atoms with E-state index in [1.165, 1.54) is 5.56 Å². The van der Waals surface area contributed by atoms with Gasteiger partial charge in [0.15, 0.2) is 11.5 Å². The highest BCUT2D eigenvalue weighted by Crippen LogP contribution is 2.31. The number of pyridine rings is 1. The molecule has 37 heavy (non-hydrogen) atoms. The first-order valence-corrected chi connectivity index (χ1v) is 12.8. The summed E-state index contributed by atoms with van der Waals surface area (Å²) in [6.45, 7) is 5.05. The first-order valence-electron chi connectivity index (χ1n) is 12.8. The topological polar surface area (TPSA) is 93.2 Å². The van der Waals surface area contributed by atoms with Crippen molar-refractivity contribution in [1.29, 1.82) is 0 Å². The largest absolute Gasteiger partial charge is 0.497 e. The van der Waals surface area contributed by atoms with Crippen LogP contribution in [0.3, 0.4) is 0 Å². The van der Waals surface area contributed by atoms with E-state index in [0.29, 0.717) is 19.3 Å². The molecule has 8 heteroatoms. The number of carbonyl (C=O) groups is 1. The van der Waals surface area contributed by atoms with Crippen molar-refractivity contribution in [3.05, 3.63) is 65.5 Å². The van der Waals surface area contributed by atoms with Gasteiger partial charge in [-0.3, -0.25) is 4.98 Å². The Kier molecular flexibility index (Phi) is 7.87. The van der Waals surface area contributed by atoms with Gasteiger partial charge >= 0.3 is 5.97 Å². The van der Waals surface area contributed by atoms with Gasteiger partial charge in [0, 0.05) is 54.5 Å². The van der Waals surface area contributed by atoms with Crippen LogP contribution in [-0.2, 0) is 17.8 Å². The summed E-state index contributed by atoms with van der Waals surface area (Å²) in [6, 6.07) is 12.5. The predicted octanol–water partition coefficient (Wildman–Crippen LogP) is 3.91. The number of carboxylic acids is 1. The lowest BCUT2D eigenvalue weighted by Gasteiger charge is -2.32. The minimum Gasteiger partial charge on any atom is -0.497 e. The molecule has 8 nitrogen and oxygen atoms in total. The standard InChI is InChI=1S/C29H33N3O5/c1-35-23-4-5-24-21(3-7-29(33)34)19-31-26(25(24)17-23)10-13-32-11-8-22(9-12-32)30-18-20-2-6-27-28(16-20)37-15-14-36-27/h2-7,16-17,19,22,30H,8-15,18H2,1H3,(H,33,34)/b7-3+. The summed E-state index contributed by atoms with van der Waals surface area (Å²) in [5.41, 5.74) is 3.00. The predicted molar refractivity (Wildman–Crippen MR) is 142 cm³/mol. The Morgan fingerprint density at radius 2 is 1.95 bits per heavy atom. The van der Waals surface area contributed by atoms with E-state index >= 15 is 0 Å². The molecule has 2 aromatic carbocycles. The van der Waals surface area contributed by atoms with Gasteiger partial charge in [-0.25, -0.2) is 4.79 Å². The maximum atomic E-state index is 11.0. The molecular weight excluding hydrogens is 470 g/mol. The van der Waals surface area contributed by atoms with E-state index in [9.17, 15) is 4.79 Å². The van der Waals surface area contributed by atoms with Gasteiger partial charge in [0.2, 0.25) is 0 Å². The first-order chi connectivity index (χ1) is 18.1. The lowest BCUT2D eigenvalue weighted by Crippen LogP contribution is -2.42. The lowest BCUT2D eigenvalue weighted by molar-refractivity contribution is -0.131. The Balaban J connectivity index is 1.16. The number of nitrogens with one attached hydrogen (secondary N) is 1. The molecule has 2 aliphatic rings. The number of carboxylic acid groups (broad SMARTS) is 1. The van der Waals surface area contributed by atoms with Crippen LogP contribution in [0.25, 0.3) is 16.8 Å². The van der Waals surface area contributed by atoms with Crippen LogP contribution in [-0.4, -0.2) is 67.0 Å². The van der Waals surface area contributed by atoms with Crippen LogP contribution < -0.4 is 19.5 Å². The van der Waals surface area contributed by atoms with Crippen LogP contribution in [0, 0.1) is 0 Å². The minimum atomic E-state index is -0.977. The van der Waals surface area contributed by atoms with Crippen molar-refractivity contribution in [3.8, 4) is 17.2 Å². The number of likely N-dealkylation sites (tertiary alicyclic amines) is 1. The van der Waals surface area contributed by atoms with Crippen LogP contribution in [0.2, 0.25) is 0 Å². The van der Waals surface area contributed by atoms with Gasteiger partial charge < -0.3 is 29.5 Å². The van der Waals surface area contributed by atoms with Crippen LogP contribution in [0.5, 0.6) is 17.2 Å². The Labute approximate surface area is 216 Å². The molecule has 0 spiro atoms. The molecular formula is C29H33N3O5. The molecule has 3 aromatic rings. The van der Waals surface area contributed by atoms with Gasteiger partial charge in [-0.05, 0) is 73.3 Å². The van der Waals surface area contributed by atoms with E-state index in [2.05, 4.69) is 22.3 Å². The minimum absolute atomic E-state index is 0.493. The fraction of sp³-hybridized carbons (Fsp3) is 0.379. The van der Waals surface area contributed by atoms with Crippen molar-refractivity contribution in [1.82, 2.24) is 15.2 Å². The molecule has 0 amide bonds. The second-order valence-electron chi connectivity index (χ2n) is 9.47. The number of aliphatic carboxylic acids is 1. The summed E-state index contributed by atoms with van der Waals surface area (Å²) in [7, 11) is 1.65. The van der Waals surface area contributed by atoms with Crippen molar-refractivity contribution in [2.75, 3.05) is 40.0 Å². The van der Waals surface area contributed by atoms with Crippen LogP contribution in [0.1, 0.15) is 29.7 Å². The highest BCUT2D eigenvalue weighted by molar-refractivity contribution is 5.95. The van der Waals surface area contributed by atoms with Gasteiger partial charge in [0.05, 0.1) is 7.11 Å². The Morgan fingerprint density at radius 1 is 1.14 bits per heavy atom. The summed E-state index contributed by atoms with van der Waals surface area (Å²) in [4.78, 5) is 18.2. The molecule has 0 atom stereocenters. The highest BCUT2D eigenvalue weighted by atomic mass is 16.6. The van der Waals surface area contributed by atoms with Crippen LogP contribution in [0.4, 0.5) is 0 Å². The van der Waals surface area contributed by atoms with Crippen LogP contribution in [0.15, 0.2) is 48.7 Å². The maximum absolute atomic E-state index is 11.0. The molecule has 2 aliphatic heterocycles. The summed E-state index contributed by atoms with van der Waals surface area (Å²) >= 11 is 0. The Bertz CT molecular complexity index is 1280. The molecule has 5 rings (SSSR count). The SMILES string of the molecule is COc1ccc2c(/C=C/C(=O)O)cnc(CCN3CCC(NCc4ccc5c(c4)OCCO5)CC3)c2c1. The fourth-order valence-corrected chi connectivity index (χ4v) is 5.01. The zero-order valence-corrected chi connectivity index (χ0v) is 21.1. The molecule has 2 N–H and O–H groups in total. The quantitative estimate of drug-likeness (QED) is 0.425. The van der Waals surface area contributed by atoms with E-state index in [0.717, 1.165) is 90.8 Å². The number of methoxy groups -OCH3 is 1. The van der Waals surface area contributed by atoms with Gasteiger partial charge in [0.25, 0.3) is 0 Å². The second-order valence-corrected chi connectivity index (χ2v) is 9.47. The molecule has 0 saturated carbocycles. The third-order valence-corrected chi connectivity index (χ3v) is 7.07. The molecule has 1 aromatic heterocycles. The first kappa shape index (κ1) is 25.0. The fourth-order valence-electron chi connectivity index (χ4n) is 5.01. The smallest absolute Gasteiger partial charge is 0.328 e. The summed E-state index contributed by atoms with van der Waals surface area (Å²) in [6.07, 6.45) is 7.53. The number of benzene rings is 2. The van der Waals surface area contributed by atoms with E-state index in [4.69, 9.17) is 24.3 Å². The van der Waals surface area contributed by atoms with Crippen molar-refractivity contribution >= 4 is 22.8 Å². The molecule has 0 radical (unpaired) electrons. The number of fused-ring (bicyclic) bond motifs is 2. The number of piperidine rings is 1. The molecule has 0 bridgehead atoms. The maximum Gasteiger partial charge on any atom is 0.328 e. The Morgan fingerprint density at radius 3 is 2.73 bits per heavy atom. The van der Waals surface area contributed by atoms with E-state index in [1.54, 1.807) is 19.4 Å². The monoisotopic (exact) mass is 503 g/mol. The second kappa shape index (κ2) is 11.6. The number of aromatic nitrogens is 1. The molecule has 1 fully saturated rings. The number of hydrogen-bond acceptors (Lipinski definition) is 7. The van der Waals surface area contributed by atoms with E-state index < -0.39 is 5.97 Å². The van der Waals surface area contributed by atoms with Crippen molar-refractivity contribution < 1.29 is 24.1 Å². The van der Waals surface area contributed by atoms with Crippen molar-refractivity contribution in [2.45, 2.75) is 31.8 Å². The summed E-state index contributed by atoms with van der Waals surface area (Å²) in [5.74, 6) is 1.45. The molecule has 194 valence electrons. The zero-order valence-electron chi connectivity index (χ0n) is 21.1. The average molecular weight is 504 g/mol. The summed E-state index contributed by atoms with van der Waals surface area (Å²) in [5, 5.41) is 14.7. The third kappa shape index (κ3) is 6.21. The normalized spacial score (nSPS) is 16.4. The molecule has 3 heterocycles. The Hall–Kier alpha value is -3.62. The van der Waals surface area contributed by atoms with Crippen molar-refractivity contribution in [3.63, 3.8) is 0 Å². The van der Waals surface area contributed by atoms with Gasteiger partial charge in [-0.2, -0.15) is 0 Å². The van der Waals surface area contributed by atoms with E-state index in [-0.39, 0.29) is 0 Å². The lowest BCUT2D eigenvalue weighted by atomic mass is 10.0. The zero-order chi connectivity index (χ0) is 25.6. The van der Waals surface area contributed by atoms with Gasteiger partial charge in [-0.1, -0.05) is 6.07 Å². The highest BCUT2D eigenvalue weighted by Gasteiger charge is 2.20. The number of rotatable bonds is 9. The third-order valence-electron chi connectivity index (χ3n) is 7.07. The number of ether oxygens (including phenoxy) is 3. The van der Waals surface area contributed by atoms with Gasteiger partial charge in [0.1, 0.15) is 19.0 Å². The molecule has 0 aliphatic carbocycles. The number of nitrogens with zero attached hydrogens (tertiary/aromatic N) is 2. The van der Waals surface area contributed by atoms with Crippen LogP contribution >= 0.6 is 0 Å². The van der Waals surface area contributed by atoms with Gasteiger partial charge in [-0.15, -0.1) is 0 Å². The molecule has 0 unspecified atom stereocenters. The molecule has 1 saturated heterocycles. The van der Waals surface area contributed by atoms with Crippen molar-refractivity contribution in [2.24, 2.45) is 0 Å². The number of hydrogen-bond donors (Lipinski definition) is 2.